The maximum atomic E-state index is 12.3. The van der Waals surface area contributed by atoms with Crippen LogP contribution in [0.5, 0.6) is 0 Å². The van der Waals surface area contributed by atoms with E-state index >= 15 is 0 Å². The summed E-state index contributed by atoms with van der Waals surface area (Å²) in [5.41, 5.74) is 2.64. The summed E-state index contributed by atoms with van der Waals surface area (Å²) in [5.74, 6) is 2.24. The van der Waals surface area contributed by atoms with Crippen LogP contribution in [0.15, 0.2) is 22.9 Å². The molecule has 3 heterocycles. The summed E-state index contributed by atoms with van der Waals surface area (Å²) in [4.78, 5) is 19.0. The number of anilines is 1. The molecule has 27 heavy (non-hydrogen) atoms. The molecular weight excluding hydrogens is 344 g/mol. The normalized spacial score (nSPS) is 16.7. The van der Waals surface area contributed by atoms with Crippen LogP contribution in [0.3, 0.4) is 0 Å². The van der Waals surface area contributed by atoms with Gasteiger partial charge in [0.25, 0.3) is 5.91 Å². The van der Waals surface area contributed by atoms with E-state index in [-0.39, 0.29) is 5.91 Å². The summed E-state index contributed by atoms with van der Waals surface area (Å²) in [6, 6.07) is 3.77. The number of nitrogens with zero attached hydrogens (tertiary/aromatic N) is 3. The largest absolute Gasteiger partial charge is 0.384 e. The molecule has 0 unspecified atom stereocenters. The van der Waals surface area contributed by atoms with Crippen LogP contribution in [0.2, 0.25) is 0 Å². The third-order valence-electron chi connectivity index (χ3n) is 5.09. The van der Waals surface area contributed by atoms with E-state index in [1.165, 1.54) is 0 Å². The molecule has 7 nitrogen and oxygen atoms in total. The topological polar surface area (TPSA) is 80.5 Å². The number of methoxy groups -OCH3 is 1. The lowest BCUT2D eigenvalue weighted by molar-refractivity contribution is 0.0953. The minimum Gasteiger partial charge on any atom is -0.384 e. The number of carbonyl (C=O) groups is 1. The Bertz CT molecular complexity index is 738. The molecular formula is C20H28N4O3. The number of nitrogens with one attached hydrogen (secondary N) is 1. The highest BCUT2D eigenvalue weighted by atomic mass is 16.5. The number of aromatic nitrogens is 2. The molecule has 1 amide bonds. The number of rotatable bonds is 8. The Kier molecular flexibility index (Phi) is 6.45. The average Bonchev–Trinajstić information content (AvgIpc) is 3.26. The van der Waals surface area contributed by atoms with Gasteiger partial charge in [0, 0.05) is 44.4 Å². The molecule has 0 bridgehead atoms. The summed E-state index contributed by atoms with van der Waals surface area (Å²) in [6.07, 6.45) is 4.45. The summed E-state index contributed by atoms with van der Waals surface area (Å²) < 4.78 is 10.4. The van der Waals surface area contributed by atoms with Crippen molar-refractivity contribution in [3.05, 3.63) is 40.9 Å². The Morgan fingerprint density at radius 3 is 2.93 bits per heavy atom. The molecule has 1 aliphatic heterocycles. The van der Waals surface area contributed by atoms with Crippen molar-refractivity contribution in [2.45, 2.75) is 33.1 Å². The van der Waals surface area contributed by atoms with Gasteiger partial charge in [-0.3, -0.25) is 4.79 Å². The highest BCUT2D eigenvalue weighted by Gasteiger charge is 2.23. The van der Waals surface area contributed by atoms with Gasteiger partial charge in [-0.05, 0) is 45.2 Å². The number of carbonyl (C=O) groups excluding carboxylic acids is 1. The van der Waals surface area contributed by atoms with Gasteiger partial charge in [0.1, 0.15) is 11.6 Å². The van der Waals surface area contributed by atoms with Gasteiger partial charge in [-0.15, -0.1) is 0 Å². The molecule has 1 saturated heterocycles. The average molecular weight is 372 g/mol. The highest BCUT2D eigenvalue weighted by Crippen LogP contribution is 2.22. The first kappa shape index (κ1) is 19.4. The van der Waals surface area contributed by atoms with Crippen LogP contribution in [0.1, 0.15) is 40.2 Å². The lowest BCUT2D eigenvalue weighted by atomic mass is 10.1. The van der Waals surface area contributed by atoms with E-state index in [2.05, 4.69) is 20.4 Å². The Hall–Kier alpha value is -2.41. The minimum absolute atomic E-state index is 0.0912. The zero-order valence-corrected chi connectivity index (χ0v) is 16.3. The van der Waals surface area contributed by atoms with Gasteiger partial charge in [-0.25, -0.2) is 4.98 Å². The smallest absolute Gasteiger partial charge is 0.252 e. The van der Waals surface area contributed by atoms with Crippen LogP contribution in [0.25, 0.3) is 0 Å². The molecule has 1 aliphatic rings. The Morgan fingerprint density at radius 2 is 2.26 bits per heavy atom. The zero-order chi connectivity index (χ0) is 19.2. The Labute approximate surface area is 160 Å². The Morgan fingerprint density at radius 1 is 1.41 bits per heavy atom. The maximum absolute atomic E-state index is 12.3. The van der Waals surface area contributed by atoms with Crippen molar-refractivity contribution in [3.63, 3.8) is 0 Å². The monoisotopic (exact) mass is 372 g/mol. The first-order valence-corrected chi connectivity index (χ1v) is 9.48. The fourth-order valence-corrected chi connectivity index (χ4v) is 3.55. The van der Waals surface area contributed by atoms with Crippen molar-refractivity contribution in [1.29, 1.82) is 0 Å². The third-order valence-corrected chi connectivity index (χ3v) is 5.09. The second kappa shape index (κ2) is 8.99. The lowest BCUT2D eigenvalue weighted by Gasteiger charge is -2.17. The fourth-order valence-electron chi connectivity index (χ4n) is 3.55. The van der Waals surface area contributed by atoms with Crippen molar-refractivity contribution < 1.29 is 14.1 Å². The molecule has 3 rings (SSSR count). The molecule has 2 aromatic heterocycles. The van der Waals surface area contributed by atoms with Crippen molar-refractivity contribution in [1.82, 2.24) is 15.5 Å². The summed E-state index contributed by atoms with van der Waals surface area (Å²) in [7, 11) is 1.74. The summed E-state index contributed by atoms with van der Waals surface area (Å²) in [5, 5.41) is 6.90. The second-order valence-corrected chi connectivity index (χ2v) is 7.12. The quantitative estimate of drug-likeness (QED) is 0.717. The van der Waals surface area contributed by atoms with E-state index in [9.17, 15) is 4.79 Å². The van der Waals surface area contributed by atoms with Crippen LogP contribution in [0, 0.1) is 19.8 Å². The van der Waals surface area contributed by atoms with Crippen LogP contribution >= 0.6 is 0 Å². The number of ether oxygens (including phenoxy) is 1. The molecule has 1 fully saturated rings. The maximum Gasteiger partial charge on any atom is 0.252 e. The standard InChI is InChI=1S/C20H28N4O3/c1-14-18(15(2)27-23-14)5-4-9-21-20(25)17-6-7-19(22-11-17)24-10-8-16(12-24)13-26-3/h6-7,11,16H,4-5,8-10,12-13H2,1-3H3,(H,21,25)/t16-/m1/s1. The SMILES string of the molecule is COC[C@@H]1CCN(c2ccc(C(=O)NCCCc3c(C)noc3C)cn2)C1. The summed E-state index contributed by atoms with van der Waals surface area (Å²) in [6.45, 7) is 7.18. The Balaban J connectivity index is 1.45. The number of amides is 1. The molecule has 0 radical (unpaired) electrons. The minimum atomic E-state index is -0.0912. The van der Waals surface area contributed by atoms with Crippen LogP contribution in [-0.4, -0.2) is 49.4 Å². The van der Waals surface area contributed by atoms with Crippen molar-refractivity contribution in [2.24, 2.45) is 5.92 Å². The van der Waals surface area contributed by atoms with E-state index in [0.717, 1.165) is 61.8 Å². The predicted molar refractivity (Wildman–Crippen MR) is 103 cm³/mol. The predicted octanol–water partition coefficient (Wildman–Crippen LogP) is 2.52. The number of aryl methyl sites for hydroxylation is 2. The molecule has 7 heteroatoms. The molecule has 1 N–H and O–H groups in total. The third kappa shape index (κ3) is 4.86. The van der Waals surface area contributed by atoms with Gasteiger partial charge in [-0.1, -0.05) is 5.16 Å². The lowest BCUT2D eigenvalue weighted by Crippen LogP contribution is -2.26. The van der Waals surface area contributed by atoms with E-state index in [4.69, 9.17) is 9.26 Å². The van der Waals surface area contributed by atoms with E-state index in [0.29, 0.717) is 18.0 Å². The van der Waals surface area contributed by atoms with Gasteiger partial charge in [0.2, 0.25) is 0 Å². The number of hydrogen-bond acceptors (Lipinski definition) is 6. The van der Waals surface area contributed by atoms with Crippen LogP contribution in [0.4, 0.5) is 5.82 Å². The molecule has 146 valence electrons. The molecule has 0 saturated carbocycles. The zero-order valence-electron chi connectivity index (χ0n) is 16.3. The summed E-state index contributed by atoms with van der Waals surface area (Å²) >= 11 is 0. The van der Waals surface area contributed by atoms with E-state index in [1.807, 2.05) is 26.0 Å². The van der Waals surface area contributed by atoms with Gasteiger partial charge in [0.05, 0.1) is 17.9 Å². The molecule has 1 atom stereocenters. The first-order chi connectivity index (χ1) is 13.1. The van der Waals surface area contributed by atoms with E-state index in [1.54, 1.807) is 13.3 Å². The molecule has 2 aromatic rings. The van der Waals surface area contributed by atoms with Crippen LogP contribution in [-0.2, 0) is 11.2 Å². The molecule has 0 aromatic carbocycles. The number of pyridine rings is 1. The molecule has 0 spiro atoms. The second-order valence-electron chi connectivity index (χ2n) is 7.12. The number of hydrogen-bond donors (Lipinski definition) is 1. The first-order valence-electron chi connectivity index (χ1n) is 9.48. The van der Waals surface area contributed by atoms with Crippen molar-refractivity contribution >= 4 is 11.7 Å². The fraction of sp³-hybridized carbons (Fsp3) is 0.550. The van der Waals surface area contributed by atoms with E-state index < -0.39 is 0 Å². The highest BCUT2D eigenvalue weighted by molar-refractivity contribution is 5.94. The van der Waals surface area contributed by atoms with Gasteiger partial charge in [0.15, 0.2) is 0 Å². The molecule has 0 aliphatic carbocycles. The van der Waals surface area contributed by atoms with Gasteiger partial charge >= 0.3 is 0 Å². The van der Waals surface area contributed by atoms with Crippen molar-refractivity contribution in [2.75, 3.05) is 38.3 Å². The van der Waals surface area contributed by atoms with Crippen molar-refractivity contribution in [3.8, 4) is 0 Å². The van der Waals surface area contributed by atoms with Crippen LogP contribution < -0.4 is 10.2 Å². The van der Waals surface area contributed by atoms with Gasteiger partial charge < -0.3 is 19.5 Å². The van der Waals surface area contributed by atoms with Gasteiger partial charge in [-0.2, -0.15) is 0 Å².